The Morgan fingerprint density at radius 3 is 2.65 bits per heavy atom. The normalized spacial score (nSPS) is 10.2. The van der Waals surface area contributed by atoms with E-state index in [0.717, 1.165) is 6.42 Å². The highest BCUT2D eigenvalue weighted by Gasteiger charge is 2.15. The Kier molecular flexibility index (Phi) is 6.78. The van der Waals surface area contributed by atoms with E-state index in [9.17, 15) is 9.59 Å². The van der Waals surface area contributed by atoms with Crippen LogP contribution in [0.1, 0.15) is 13.3 Å². The van der Waals surface area contributed by atoms with E-state index < -0.39 is 0 Å². The lowest BCUT2D eigenvalue weighted by molar-refractivity contribution is -0.133. The van der Waals surface area contributed by atoms with Crippen LogP contribution in [-0.4, -0.2) is 36.3 Å². The Labute approximate surface area is 128 Å². The Balaban J connectivity index is 2.70. The van der Waals surface area contributed by atoms with Crippen molar-refractivity contribution < 1.29 is 9.59 Å². The van der Waals surface area contributed by atoms with Crippen LogP contribution in [-0.2, 0) is 9.59 Å². The van der Waals surface area contributed by atoms with E-state index in [1.54, 1.807) is 18.2 Å². The molecule has 2 amide bonds. The molecule has 1 rings (SSSR count). The van der Waals surface area contributed by atoms with Crippen molar-refractivity contribution in [1.29, 1.82) is 0 Å². The predicted molar refractivity (Wildman–Crippen MR) is 81.0 cm³/mol. The molecular weight excluding hydrogens is 301 g/mol. The molecule has 0 spiro atoms. The first kappa shape index (κ1) is 16.8. The average molecular weight is 318 g/mol. The second-order valence-corrected chi connectivity index (χ2v) is 5.04. The van der Waals surface area contributed by atoms with Gasteiger partial charge in [-0.25, -0.2) is 0 Å². The molecule has 0 aliphatic heterocycles. The highest BCUT2D eigenvalue weighted by Crippen LogP contribution is 2.25. The molecule has 110 valence electrons. The molecule has 0 fully saturated rings. The summed E-state index contributed by atoms with van der Waals surface area (Å²) in [4.78, 5) is 24.9. The lowest BCUT2D eigenvalue weighted by atomic mass is 10.3. The van der Waals surface area contributed by atoms with Crippen molar-refractivity contribution in [2.24, 2.45) is 5.73 Å². The number of carbonyl (C=O) groups excluding carboxylic acids is 2. The maximum absolute atomic E-state index is 11.9. The van der Waals surface area contributed by atoms with E-state index in [0.29, 0.717) is 22.3 Å². The van der Waals surface area contributed by atoms with Crippen molar-refractivity contribution in [3.63, 3.8) is 0 Å². The summed E-state index contributed by atoms with van der Waals surface area (Å²) in [5, 5.41) is 3.48. The second-order valence-electron chi connectivity index (χ2n) is 4.19. The fourth-order valence-electron chi connectivity index (χ4n) is 1.65. The van der Waals surface area contributed by atoms with Crippen LogP contribution in [0.25, 0.3) is 0 Å². The molecule has 0 bridgehead atoms. The van der Waals surface area contributed by atoms with E-state index >= 15 is 0 Å². The molecule has 0 aliphatic carbocycles. The smallest absolute Gasteiger partial charge is 0.244 e. The molecule has 0 saturated heterocycles. The van der Waals surface area contributed by atoms with E-state index in [2.05, 4.69) is 5.32 Å². The van der Waals surface area contributed by atoms with Crippen LogP contribution in [0, 0.1) is 0 Å². The van der Waals surface area contributed by atoms with Gasteiger partial charge in [-0.2, -0.15) is 0 Å². The van der Waals surface area contributed by atoms with E-state index in [1.807, 2.05) is 6.92 Å². The first-order valence-electron chi connectivity index (χ1n) is 6.20. The third-order valence-corrected chi connectivity index (χ3v) is 3.12. The minimum absolute atomic E-state index is 0.0628. The summed E-state index contributed by atoms with van der Waals surface area (Å²) in [6, 6.07) is 4.77. The monoisotopic (exact) mass is 317 g/mol. The van der Waals surface area contributed by atoms with Crippen LogP contribution < -0.4 is 11.1 Å². The number of carbonyl (C=O) groups is 2. The van der Waals surface area contributed by atoms with Crippen LogP contribution in [0.5, 0.6) is 0 Å². The van der Waals surface area contributed by atoms with Crippen molar-refractivity contribution in [2.45, 2.75) is 13.3 Å². The van der Waals surface area contributed by atoms with Gasteiger partial charge in [-0.05, 0) is 24.6 Å². The summed E-state index contributed by atoms with van der Waals surface area (Å²) >= 11 is 11.8. The number of anilines is 1. The third kappa shape index (κ3) is 5.00. The zero-order valence-corrected chi connectivity index (χ0v) is 12.7. The Morgan fingerprint density at radius 1 is 1.35 bits per heavy atom. The summed E-state index contributed by atoms with van der Waals surface area (Å²) in [7, 11) is 0. The number of nitrogens with two attached hydrogens (primary N) is 1. The highest BCUT2D eigenvalue weighted by atomic mass is 35.5. The van der Waals surface area contributed by atoms with Gasteiger partial charge in [0, 0.05) is 11.6 Å². The molecule has 20 heavy (non-hydrogen) atoms. The standard InChI is InChI=1S/C13H17Cl2N3O2/c1-2-5-18(13(20)7-16)8-12(19)17-11-6-9(14)3-4-10(11)15/h3-4,6H,2,5,7-8,16H2,1H3,(H,17,19). The van der Waals surface area contributed by atoms with Gasteiger partial charge < -0.3 is 16.0 Å². The average Bonchev–Trinajstić information content (AvgIpc) is 2.41. The Morgan fingerprint density at radius 2 is 2.05 bits per heavy atom. The summed E-state index contributed by atoms with van der Waals surface area (Å²) in [5.41, 5.74) is 5.73. The maximum Gasteiger partial charge on any atom is 0.244 e. The second kappa shape index (κ2) is 8.09. The fourth-order valence-corrected chi connectivity index (χ4v) is 1.98. The zero-order valence-electron chi connectivity index (χ0n) is 11.2. The molecule has 0 aliphatic rings. The molecule has 0 aromatic heterocycles. The molecular formula is C13H17Cl2N3O2. The number of nitrogens with one attached hydrogen (secondary N) is 1. The summed E-state index contributed by atoms with van der Waals surface area (Å²) in [6.45, 7) is 2.22. The quantitative estimate of drug-likeness (QED) is 0.844. The maximum atomic E-state index is 11.9. The van der Waals surface area contributed by atoms with Crippen molar-refractivity contribution in [2.75, 3.05) is 25.0 Å². The number of hydrogen-bond acceptors (Lipinski definition) is 3. The molecule has 0 saturated carbocycles. The van der Waals surface area contributed by atoms with Crippen molar-refractivity contribution in [3.05, 3.63) is 28.2 Å². The van der Waals surface area contributed by atoms with Crippen LogP contribution in [0.3, 0.4) is 0 Å². The molecule has 0 atom stereocenters. The minimum atomic E-state index is -0.343. The van der Waals surface area contributed by atoms with Crippen molar-refractivity contribution in [3.8, 4) is 0 Å². The Bertz CT molecular complexity index is 495. The molecule has 0 heterocycles. The van der Waals surface area contributed by atoms with Crippen molar-refractivity contribution in [1.82, 2.24) is 4.90 Å². The van der Waals surface area contributed by atoms with E-state index in [1.165, 1.54) is 4.90 Å². The van der Waals surface area contributed by atoms with Gasteiger partial charge in [0.25, 0.3) is 0 Å². The number of benzene rings is 1. The lowest BCUT2D eigenvalue weighted by Crippen LogP contribution is -2.41. The summed E-state index contributed by atoms with van der Waals surface area (Å²) < 4.78 is 0. The Hall–Kier alpha value is -1.30. The van der Waals surface area contributed by atoms with Gasteiger partial charge in [0.05, 0.1) is 23.8 Å². The van der Waals surface area contributed by atoms with E-state index in [4.69, 9.17) is 28.9 Å². The van der Waals surface area contributed by atoms with Gasteiger partial charge in [0.15, 0.2) is 0 Å². The van der Waals surface area contributed by atoms with Crippen LogP contribution in [0.2, 0.25) is 10.0 Å². The van der Waals surface area contributed by atoms with Gasteiger partial charge in [-0.15, -0.1) is 0 Å². The first-order valence-corrected chi connectivity index (χ1v) is 6.96. The highest BCUT2D eigenvalue weighted by molar-refractivity contribution is 6.35. The largest absolute Gasteiger partial charge is 0.332 e. The first-order chi connectivity index (χ1) is 9.47. The minimum Gasteiger partial charge on any atom is -0.332 e. The molecule has 3 N–H and O–H groups in total. The number of halogens is 2. The summed E-state index contributed by atoms with van der Waals surface area (Å²) in [5.74, 6) is -0.608. The van der Waals surface area contributed by atoms with Crippen LogP contribution in [0.4, 0.5) is 5.69 Å². The number of rotatable bonds is 6. The van der Waals surface area contributed by atoms with Gasteiger partial charge in [0.2, 0.25) is 11.8 Å². The van der Waals surface area contributed by atoms with Gasteiger partial charge >= 0.3 is 0 Å². The lowest BCUT2D eigenvalue weighted by Gasteiger charge is -2.21. The van der Waals surface area contributed by atoms with Crippen LogP contribution in [0.15, 0.2) is 18.2 Å². The fraction of sp³-hybridized carbons (Fsp3) is 0.385. The zero-order chi connectivity index (χ0) is 15.1. The third-order valence-electron chi connectivity index (χ3n) is 2.56. The molecule has 7 heteroatoms. The predicted octanol–water partition coefficient (Wildman–Crippen LogP) is 2.13. The van der Waals surface area contributed by atoms with Crippen LogP contribution >= 0.6 is 23.2 Å². The van der Waals surface area contributed by atoms with Gasteiger partial charge in [-0.1, -0.05) is 30.1 Å². The molecule has 0 unspecified atom stereocenters. The molecule has 5 nitrogen and oxygen atoms in total. The number of amides is 2. The van der Waals surface area contributed by atoms with E-state index in [-0.39, 0.29) is 24.9 Å². The number of hydrogen-bond donors (Lipinski definition) is 2. The molecule has 0 radical (unpaired) electrons. The topological polar surface area (TPSA) is 75.4 Å². The SMILES string of the molecule is CCCN(CC(=O)Nc1cc(Cl)ccc1Cl)C(=O)CN. The van der Waals surface area contributed by atoms with Gasteiger partial charge in [-0.3, -0.25) is 9.59 Å². The number of nitrogens with zero attached hydrogens (tertiary/aromatic N) is 1. The van der Waals surface area contributed by atoms with Crippen molar-refractivity contribution >= 4 is 40.7 Å². The van der Waals surface area contributed by atoms with Gasteiger partial charge in [0.1, 0.15) is 0 Å². The molecule has 1 aromatic rings. The molecule has 1 aromatic carbocycles. The summed E-state index contributed by atoms with van der Waals surface area (Å²) in [6.07, 6.45) is 0.747.